The summed E-state index contributed by atoms with van der Waals surface area (Å²) in [7, 11) is 0. The maximum Gasteiger partial charge on any atom is 0.315 e. The first-order valence-electron chi connectivity index (χ1n) is 7.72. The average molecular weight is 290 g/mol. The number of nitrogens with zero attached hydrogens (tertiary/aromatic N) is 2. The van der Waals surface area contributed by atoms with Crippen LogP contribution in [0.15, 0.2) is 30.3 Å². The van der Waals surface area contributed by atoms with E-state index in [4.69, 9.17) is 0 Å². The number of carboxylic acids is 1. The number of aliphatic carboxylic acids is 1. The highest BCUT2D eigenvalue weighted by Gasteiger charge is 2.38. The van der Waals surface area contributed by atoms with E-state index in [2.05, 4.69) is 23.6 Å². The van der Waals surface area contributed by atoms with Gasteiger partial charge in [-0.25, -0.2) is 0 Å². The molecule has 0 saturated carbocycles. The molecule has 0 spiro atoms. The van der Waals surface area contributed by atoms with E-state index in [1.54, 1.807) is 0 Å². The lowest BCUT2D eigenvalue weighted by Crippen LogP contribution is -2.55. The number of benzene rings is 1. The number of piperazine rings is 1. The molecule has 4 heteroatoms. The van der Waals surface area contributed by atoms with Gasteiger partial charge in [-0.2, -0.15) is 0 Å². The van der Waals surface area contributed by atoms with Crippen molar-refractivity contribution in [2.24, 2.45) is 0 Å². The van der Waals surface area contributed by atoms with Crippen molar-refractivity contribution in [1.29, 1.82) is 0 Å². The third kappa shape index (κ3) is 3.44. The molecule has 21 heavy (non-hydrogen) atoms. The minimum atomic E-state index is -0.852. The molecule has 0 radical (unpaired) electrons. The molecule has 1 aromatic rings. The highest BCUT2D eigenvalue weighted by molar-refractivity contribution is 5.81. The molecule has 1 aliphatic heterocycles. The predicted octanol–water partition coefficient (Wildman–Crippen LogP) is 2.05. The Morgan fingerprint density at radius 1 is 1.33 bits per heavy atom. The molecule has 2 rings (SSSR count). The number of likely N-dealkylation sites (N-methyl/N-ethyl adjacent to an activating group) is 1. The monoisotopic (exact) mass is 290 g/mol. The topological polar surface area (TPSA) is 43.8 Å². The minimum Gasteiger partial charge on any atom is -0.481 e. The highest BCUT2D eigenvalue weighted by atomic mass is 16.4. The average Bonchev–Trinajstić information content (AvgIpc) is 2.48. The van der Waals surface area contributed by atoms with E-state index in [1.165, 1.54) is 0 Å². The van der Waals surface area contributed by atoms with Crippen LogP contribution in [0, 0.1) is 0 Å². The summed E-state index contributed by atoms with van der Waals surface area (Å²) >= 11 is 0. The number of hydrogen-bond donors (Lipinski definition) is 1. The van der Waals surface area contributed by atoms with Crippen molar-refractivity contribution in [2.45, 2.75) is 32.2 Å². The second kappa shape index (κ2) is 6.58. The fraction of sp³-hybridized carbons (Fsp3) is 0.588. The second-order valence-corrected chi connectivity index (χ2v) is 6.22. The maximum absolute atomic E-state index is 11.9. The van der Waals surface area contributed by atoms with Gasteiger partial charge in [0.25, 0.3) is 0 Å². The Bertz CT molecular complexity index is 477. The molecule has 0 aromatic heterocycles. The first-order chi connectivity index (χ1) is 9.97. The lowest BCUT2D eigenvalue weighted by molar-refractivity contribution is -0.144. The highest BCUT2D eigenvalue weighted by Crippen LogP contribution is 2.26. The largest absolute Gasteiger partial charge is 0.481 e. The van der Waals surface area contributed by atoms with Crippen LogP contribution in [0.1, 0.15) is 26.3 Å². The van der Waals surface area contributed by atoms with Crippen molar-refractivity contribution < 1.29 is 9.90 Å². The fourth-order valence-corrected chi connectivity index (χ4v) is 3.22. The predicted molar refractivity (Wildman–Crippen MR) is 84.6 cm³/mol. The standard InChI is InChI=1S/C17H26N2O2/c1-4-19-11-10-18(12-14(19)2)13-17(3,16(20)21)15-8-6-5-7-9-15/h5-9,14H,4,10-13H2,1-3H3,(H,20,21). The molecule has 1 heterocycles. The van der Waals surface area contributed by atoms with Crippen molar-refractivity contribution in [3.63, 3.8) is 0 Å². The zero-order valence-electron chi connectivity index (χ0n) is 13.2. The Hall–Kier alpha value is -1.39. The van der Waals surface area contributed by atoms with Crippen molar-refractivity contribution in [3.05, 3.63) is 35.9 Å². The van der Waals surface area contributed by atoms with Crippen molar-refractivity contribution in [1.82, 2.24) is 9.80 Å². The number of carboxylic acid groups (broad SMARTS) is 1. The molecule has 1 aromatic carbocycles. The molecule has 0 bridgehead atoms. The smallest absolute Gasteiger partial charge is 0.315 e. The summed E-state index contributed by atoms with van der Waals surface area (Å²) < 4.78 is 0. The molecule has 1 N–H and O–H groups in total. The molecule has 0 amide bonds. The Labute approximate surface area is 127 Å². The summed E-state index contributed by atoms with van der Waals surface area (Å²) in [5, 5.41) is 9.74. The molecule has 4 nitrogen and oxygen atoms in total. The van der Waals surface area contributed by atoms with Crippen molar-refractivity contribution in [2.75, 3.05) is 32.7 Å². The summed E-state index contributed by atoms with van der Waals surface area (Å²) in [6, 6.07) is 10.1. The summed E-state index contributed by atoms with van der Waals surface area (Å²) in [5.74, 6) is -0.751. The second-order valence-electron chi connectivity index (χ2n) is 6.22. The van der Waals surface area contributed by atoms with Crippen LogP contribution in [0.5, 0.6) is 0 Å². The normalized spacial score (nSPS) is 23.7. The molecular weight excluding hydrogens is 264 g/mol. The number of carbonyl (C=O) groups is 1. The Morgan fingerprint density at radius 3 is 2.52 bits per heavy atom. The number of rotatable bonds is 5. The zero-order valence-corrected chi connectivity index (χ0v) is 13.2. The quantitative estimate of drug-likeness (QED) is 0.901. The van der Waals surface area contributed by atoms with Gasteiger partial charge in [-0.15, -0.1) is 0 Å². The molecule has 1 fully saturated rings. The lowest BCUT2D eigenvalue weighted by Gasteiger charge is -2.42. The molecule has 2 atom stereocenters. The SMILES string of the molecule is CCN1CCN(CC(C)(C(=O)O)c2ccccc2)CC1C. The van der Waals surface area contributed by atoms with Crippen LogP contribution in [0.3, 0.4) is 0 Å². The van der Waals surface area contributed by atoms with Gasteiger partial charge in [0.1, 0.15) is 5.41 Å². The number of hydrogen-bond acceptors (Lipinski definition) is 3. The maximum atomic E-state index is 11.9. The third-order valence-electron chi connectivity index (χ3n) is 4.68. The van der Waals surface area contributed by atoms with Gasteiger partial charge in [0, 0.05) is 32.2 Å². The molecule has 116 valence electrons. The third-order valence-corrected chi connectivity index (χ3v) is 4.68. The minimum absolute atomic E-state index is 0.484. The first kappa shape index (κ1) is 16.0. The molecule has 2 unspecified atom stereocenters. The van der Waals surface area contributed by atoms with Gasteiger partial charge in [-0.3, -0.25) is 14.6 Å². The van der Waals surface area contributed by atoms with Gasteiger partial charge < -0.3 is 5.11 Å². The van der Waals surface area contributed by atoms with Gasteiger partial charge in [-0.05, 0) is 26.0 Å². The summed E-state index contributed by atoms with van der Waals surface area (Å²) in [5.41, 5.74) is 0.0260. The van der Waals surface area contributed by atoms with Crippen LogP contribution in [0.25, 0.3) is 0 Å². The zero-order chi connectivity index (χ0) is 15.5. The van der Waals surface area contributed by atoms with E-state index in [0.29, 0.717) is 12.6 Å². The van der Waals surface area contributed by atoms with Crippen molar-refractivity contribution >= 4 is 5.97 Å². The Morgan fingerprint density at radius 2 is 2.00 bits per heavy atom. The summed E-state index contributed by atoms with van der Waals surface area (Å²) in [6.07, 6.45) is 0. The first-order valence-corrected chi connectivity index (χ1v) is 7.72. The van der Waals surface area contributed by atoms with E-state index >= 15 is 0 Å². The Balaban J connectivity index is 2.13. The van der Waals surface area contributed by atoms with Gasteiger partial charge in [-0.1, -0.05) is 37.3 Å². The lowest BCUT2D eigenvalue weighted by atomic mass is 9.81. The van der Waals surface area contributed by atoms with Gasteiger partial charge in [0.05, 0.1) is 0 Å². The van der Waals surface area contributed by atoms with Crippen LogP contribution in [-0.2, 0) is 10.2 Å². The van der Waals surface area contributed by atoms with Gasteiger partial charge in [0.2, 0.25) is 0 Å². The van der Waals surface area contributed by atoms with Crippen LogP contribution < -0.4 is 0 Å². The van der Waals surface area contributed by atoms with E-state index in [9.17, 15) is 9.90 Å². The van der Waals surface area contributed by atoms with Crippen LogP contribution in [0.4, 0.5) is 0 Å². The summed E-state index contributed by atoms with van der Waals surface area (Å²) in [4.78, 5) is 16.6. The Kier molecular flexibility index (Phi) is 5.01. The van der Waals surface area contributed by atoms with E-state index < -0.39 is 11.4 Å². The van der Waals surface area contributed by atoms with E-state index in [-0.39, 0.29) is 0 Å². The van der Waals surface area contributed by atoms with Gasteiger partial charge >= 0.3 is 5.97 Å². The van der Waals surface area contributed by atoms with Crippen LogP contribution >= 0.6 is 0 Å². The van der Waals surface area contributed by atoms with Crippen LogP contribution in [-0.4, -0.2) is 59.6 Å². The van der Waals surface area contributed by atoms with E-state index in [0.717, 1.165) is 31.7 Å². The summed E-state index contributed by atoms with van der Waals surface area (Å²) in [6.45, 7) is 10.7. The van der Waals surface area contributed by atoms with E-state index in [1.807, 2.05) is 37.3 Å². The molecule has 0 aliphatic carbocycles. The van der Waals surface area contributed by atoms with Crippen molar-refractivity contribution in [3.8, 4) is 0 Å². The molecule has 1 aliphatic rings. The fourth-order valence-electron chi connectivity index (χ4n) is 3.22. The molecular formula is C17H26N2O2. The van der Waals surface area contributed by atoms with Gasteiger partial charge in [0.15, 0.2) is 0 Å². The van der Waals surface area contributed by atoms with Crippen LogP contribution in [0.2, 0.25) is 0 Å². The molecule has 1 saturated heterocycles.